The number of rotatable bonds is 3. The third-order valence-corrected chi connectivity index (χ3v) is 6.26. The van der Waals surface area contributed by atoms with E-state index in [2.05, 4.69) is 10.6 Å². The van der Waals surface area contributed by atoms with Crippen molar-refractivity contribution in [2.24, 2.45) is 0 Å². The van der Waals surface area contributed by atoms with Gasteiger partial charge in [-0.05, 0) is 42.3 Å². The van der Waals surface area contributed by atoms with Crippen LogP contribution < -0.4 is 10.6 Å². The molecule has 0 bridgehead atoms. The van der Waals surface area contributed by atoms with E-state index in [1.54, 1.807) is 6.07 Å². The van der Waals surface area contributed by atoms with Gasteiger partial charge in [-0.1, -0.05) is 6.07 Å². The molecule has 2 aliphatic heterocycles. The van der Waals surface area contributed by atoms with Crippen molar-refractivity contribution in [1.82, 2.24) is 10.6 Å². The van der Waals surface area contributed by atoms with Crippen molar-refractivity contribution in [3.63, 3.8) is 0 Å². The molecule has 1 fully saturated rings. The molecular weight excluding hydrogens is 358 g/mol. The number of halogens is 2. The summed E-state index contributed by atoms with van der Waals surface area (Å²) in [4.78, 5) is 14.6. The van der Waals surface area contributed by atoms with Gasteiger partial charge in [-0.25, -0.2) is 8.78 Å². The van der Waals surface area contributed by atoms with Crippen LogP contribution >= 0.6 is 11.3 Å². The molecule has 2 aliphatic rings. The van der Waals surface area contributed by atoms with Gasteiger partial charge < -0.3 is 15.4 Å². The average molecular weight is 378 g/mol. The highest BCUT2D eigenvalue weighted by molar-refractivity contribution is 7.14. The van der Waals surface area contributed by atoms with Crippen LogP contribution in [0.3, 0.4) is 0 Å². The Kier molecular flexibility index (Phi) is 5.02. The molecule has 4 rings (SSSR count). The lowest BCUT2D eigenvalue weighted by Crippen LogP contribution is -2.49. The fraction of sp³-hybridized carbons (Fsp3) is 0.421. The molecular formula is C19H20F2N2O2S. The summed E-state index contributed by atoms with van der Waals surface area (Å²) in [6.45, 7) is 2.63. The van der Waals surface area contributed by atoms with Crippen LogP contribution in [-0.2, 0) is 17.8 Å². The van der Waals surface area contributed by atoms with Gasteiger partial charge in [0.1, 0.15) is 0 Å². The second-order valence-electron chi connectivity index (χ2n) is 6.71. The van der Waals surface area contributed by atoms with Gasteiger partial charge >= 0.3 is 0 Å². The molecule has 2 unspecified atom stereocenters. The minimum atomic E-state index is -0.852. The predicted octanol–water partition coefficient (Wildman–Crippen LogP) is 2.97. The summed E-state index contributed by atoms with van der Waals surface area (Å²) in [7, 11) is 0. The molecule has 2 aromatic rings. The van der Waals surface area contributed by atoms with Crippen molar-refractivity contribution in [3.8, 4) is 0 Å². The first kappa shape index (κ1) is 17.6. The summed E-state index contributed by atoms with van der Waals surface area (Å²) in [6, 6.07) is 5.73. The third kappa shape index (κ3) is 3.51. The molecule has 1 saturated heterocycles. The van der Waals surface area contributed by atoms with Crippen molar-refractivity contribution in [1.29, 1.82) is 0 Å². The maximum absolute atomic E-state index is 13.6. The van der Waals surface area contributed by atoms with Gasteiger partial charge in [-0.3, -0.25) is 4.79 Å². The number of carbonyl (C=O) groups excluding carboxylic acids is 1. The maximum Gasteiger partial charge on any atom is 0.261 e. The Labute approximate surface area is 154 Å². The smallest absolute Gasteiger partial charge is 0.261 e. The molecule has 1 amide bonds. The topological polar surface area (TPSA) is 50.4 Å². The molecule has 1 aromatic heterocycles. The molecule has 138 valence electrons. The summed E-state index contributed by atoms with van der Waals surface area (Å²) in [5, 5.41) is 6.35. The zero-order valence-electron chi connectivity index (χ0n) is 14.2. The molecule has 7 heteroatoms. The van der Waals surface area contributed by atoms with Crippen molar-refractivity contribution < 1.29 is 18.3 Å². The van der Waals surface area contributed by atoms with Crippen LogP contribution in [0.5, 0.6) is 0 Å². The van der Waals surface area contributed by atoms with Gasteiger partial charge in [-0.15, -0.1) is 11.3 Å². The van der Waals surface area contributed by atoms with Crippen LogP contribution in [0.25, 0.3) is 0 Å². The van der Waals surface area contributed by atoms with Gasteiger partial charge in [0.15, 0.2) is 11.6 Å². The van der Waals surface area contributed by atoms with Gasteiger partial charge in [0, 0.05) is 29.8 Å². The van der Waals surface area contributed by atoms with Gasteiger partial charge in [-0.2, -0.15) is 0 Å². The Balaban J connectivity index is 1.52. The van der Waals surface area contributed by atoms with Crippen molar-refractivity contribution >= 4 is 17.2 Å². The molecule has 0 spiro atoms. The van der Waals surface area contributed by atoms with Crippen LogP contribution in [0, 0.1) is 11.6 Å². The summed E-state index contributed by atoms with van der Waals surface area (Å²) in [5.74, 6) is -1.87. The van der Waals surface area contributed by atoms with Crippen LogP contribution in [0.15, 0.2) is 24.3 Å². The molecule has 3 heterocycles. The first-order valence-electron chi connectivity index (χ1n) is 8.77. The quantitative estimate of drug-likeness (QED) is 0.863. The van der Waals surface area contributed by atoms with E-state index in [4.69, 9.17) is 4.74 Å². The standard InChI is InChI=1S/C19H20F2N2O2S/c20-14-2-1-11(7-15(14)21)13-3-5-22-9-16(13)23-19(24)18-8-12-10-25-6-4-17(12)26-18/h1-2,7-8,13,16,22H,3-6,9-10H2,(H,23,24). The molecule has 2 N–H and O–H groups in total. The van der Waals surface area contributed by atoms with E-state index < -0.39 is 11.6 Å². The molecule has 4 nitrogen and oxygen atoms in total. The van der Waals surface area contributed by atoms with Crippen molar-refractivity contribution in [3.05, 3.63) is 56.8 Å². The number of thiophene rings is 1. The lowest BCUT2D eigenvalue weighted by molar-refractivity contribution is 0.0928. The lowest BCUT2D eigenvalue weighted by Gasteiger charge is -2.33. The highest BCUT2D eigenvalue weighted by Gasteiger charge is 2.29. The zero-order chi connectivity index (χ0) is 18.1. The van der Waals surface area contributed by atoms with Crippen LogP contribution in [0.4, 0.5) is 8.78 Å². The number of amides is 1. The highest BCUT2D eigenvalue weighted by Crippen LogP contribution is 2.29. The monoisotopic (exact) mass is 378 g/mol. The van der Waals surface area contributed by atoms with Crippen LogP contribution in [0.1, 0.15) is 38.0 Å². The Morgan fingerprint density at radius 2 is 2.15 bits per heavy atom. The SMILES string of the molecule is O=C(NC1CNCCC1c1ccc(F)c(F)c1)c1cc2c(s1)CCOC2. The Bertz CT molecular complexity index is 800. The van der Waals surface area contributed by atoms with Crippen LogP contribution in [-0.4, -0.2) is 31.6 Å². The summed E-state index contributed by atoms with van der Waals surface area (Å²) < 4.78 is 32.3. The van der Waals surface area contributed by atoms with E-state index in [1.165, 1.54) is 22.3 Å². The molecule has 0 aliphatic carbocycles. The van der Waals surface area contributed by atoms with E-state index in [0.717, 1.165) is 36.6 Å². The molecule has 2 atom stereocenters. The first-order valence-corrected chi connectivity index (χ1v) is 9.59. The third-order valence-electron chi connectivity index (χ3n) is 5.02. The number of carbonyl (C=O) groups is 1. The van der Waals surface area contributed by atoms with E-state index >= 15 is 0 Å². The second kappa shape index (κ2) is 7.42. The fourth-order valence-electron chi connectivity index (χ4n) is 3.65. The van der Waals surface area contributed by atoms with Crippen LogP contribution in [0.2, 0.25) is 0 Å². The Hall–Kier alpha value is -1.83. The number of hydrogen-bond donors (Lipinski definition) is 2. The average Bonchev–Trinajstić information content (AvgIpc) is 3.09. The molecule has 1 aromatic carbocycles. The minimum Gasteiger partial charge on any atom is -0.376 e. The second-order valence-corrected chi connectivity index (χ2v) is 7.85. The number of fused-ring (bicyclic) bond motifs is 1. The summed E-state index contributed by atoms with van der Waals surface area (Å²) in [6.07, 6.45) is 1.60. The van der Waals surface area contributed by atoms with E-state index in [1.807, 2.05) is 6.07 Å². The zero-order valence-corrected chi connectivity index (χ0v) is 15.0. The van der Waals surface area contributed by atoms with Gasteiger partial charge in [0.2, 0.25) is 0 Å². The van der Waals surface area contributed by atoms with Gasteiger partial charge in [0.05, 0.1) is 18.1 Å². The fourth-order valence-corrected chi connectivity index (χ4v) is 4.70. The predicted molar refractivity (Wildman–Crippen MR) is 95.5 cm³/mol. The highest BCUT2D eigenvalue weighted by atomic mass is 32.1. The van der Waals surface area contributed by atoms with E-state index in [-0.39, 0.29) is 17.9 Å². The largest absolute Gasteiger partial charge is 0.376 e. The Morgan fingerprint density at radius 3 is 2.96 bits per heavy atom. The number of benzene rings is 1. The molecule has 0 saturated carbocycles. The summed E-state index contributed by atoms with van der Waals surface area (Å²) in [5.41, 5.74) is 1.81. The summed E-state index contributed by atoms with van der Waals surface area (Å²) >= 11 is 1.51. The number of piperidine rings is 1. The van der Waals surface area contributed by atoms with Crippen molar-refractivity contribution in [2.45, 2.75) is 31.4 Å². The number of hydrogen-bond acceptors (Lipinski definition) is 4. The Morgan fingerprint density at radius 1 is 1.27 bits per heavy atom. The maximum atomic E-state index is 13.6. The normalized spacial score (nSPS) is 22.7. The molecule has 26 heavy (non-hydrogen) atoms. The lowest BCUT2D eigenvalue weighted by atomic mass is 9.86. The number of ether oxygens (including phenoxy) is 1. The molecule has 0 radical (unpaired) electrons. The van der Waals surface area contributed by atoms with Crippen molar-refractivity contribution in [2.75, 3.05) is 19.7 Å². The van der Waals surface area contributed by atoms with E-state index in [0.29, 0.717) is 24.6 Å². The number of nitrogens with one attached hydrogen (secondary N) is 2. The van der Waals surface area contributed by atoms with E-state index in [9.17, 15) is 13.6 Å². The van der Waals surface area contributed by atoms with Gasteiger partial charge in [0.25, 0.3) is 5.91 Å². The first-order chi connectivity index (χ1) is 12.6. The minimum absolute atomic E-state index is 0.0479.